The van der Waals surface area contributed by atoms with Crippen LogP contribution >= 0.6 is 0 Å². The van der Waals surface area contributed by atoms with E-state index in [9.17, 15) is 8.78 Å². The van der Waals surface area contributed by atoms with Gasteiger partial charge in [0.25, 0.3) is 0 Å². The SMILES string of the molecule is CCn1cc(CCc2c(F)cccc2F)nn1. The third-order valence-corrected chi connectivity index (χ3v) is 2.60. The first-order valence-electron chi connectivity index (χ1n) is 5.52. The first kappa shape index (κ1) is 11.7. The molecule has 0 fully saturated rings. The van der Waals surface area contributed by atoms with E-state index in [1.54, 1.807) is 10.9 Å². The molecule has 3 nitrogen and oxygen atoms in total. The summed E-state index contributed by atoms with van der Waals surface area (Å²) in [5.74, 6) is -1.01. The maximum Gasteiger partial charge on any atom is 0.129 e. The van der Waals surface area contributed by atoms with Crippen LogP contribution in [0.2, 0.25) is 0 Å². The monoisotopic (exact) mass is 237 g/mol. The Bertz CT molecular complexity index is 488. The maximum absolute atomic E-state index is 13.3. The van der Waals surface area contributed by atoms with Gasteiger partial charge in [-0.15, -0.1) is 5.10 Å². The Morgan fingerprint density at radius 1 is 1.18 bits per heavy atom. The molecule has 1 aromatic heterocycles. The van der Waals surface area contributed by atoms with E-state index in [2.05, 4.69) is 10.3 Å². The molecular weight excluding hydrogens is 224 g/mol. The molecule has 0 radical (unpaired) electrons. The highest BCUT2D eigenvalue weighted by Gasteiger charge is 2.09. The second kappa shape index (κ2) is 5.03. The summed E-state index contributed by atoms with van der Waals surface area (Å²) in [6, 6.07) is 3.89. The minimum Gasteiger partial charge on any atom is -0.253 e. The van der Waals surface area contributed by atoms with Gasteiger partial charge < -0.3 is 0 Å². The molecule has 17 heavy (non-hydrogen) atoms. The van der Waals surface area contributed by atoms with E-state index < -0.39 is 11.6 Å². The van der Waals surface area contributed by atoms with E-state index in [0.29, 0.717) is 12.8 Å². The molecule has 1 aromatic carbocycles. The van der Waals surface area contributed by atoms with Crippen molar-refractivity contribution in [2.75, 3.05) is 0 Å². The molecule has 0 aliphatic carbocycles. The van der Waals surface area contributed by atoms with E-state index in [1.807, 2.05) is 6.92 Å². The van der Waals surface area contributed by atoms with Gasteiger partial charge in [0.2, 0.25) is 0 Å². The molecule has 0 aliphatic heterocycles. The first-order valence-corrected chi connectivity index (χ1v) is 5.52. The summed E-state index contributed by atoms with van der Waals surface area (Å²) in [7, 11) is 0. The zero-order valence-electron chi connectivity index (χ0n) is 9.53. The van der Waals surface area contributed by atoms with Crippen LogP contribution in [0, 0.1) is 11.6 Å². The first-order chi connectivity index (χ1) is 8.20. The predicted molar refractivity (Wildman–Crippen MR) is 59.5 cm³/mol. The van der Waals surface area contributed by atoms with Gasteiger partial charge in [-0.25, -0.2) is 8.78 Å². The van der Waals surface area contributed by atoms with Gasteiger partial charge in [-0.05, 0) is 31.9 Å². The number of aryl methyl sites for hydroxylation is 2. The number of hydrogen-bond donors (Lipinski definition) is 0. The zero-order chi connectivity index (χ0) is 12.3. The van der Waals surface area contributed by atoms with E-state index in [1.165, 1.54) is 18.2 Å². The van der Waals surface area contributed by atoms with Gasteiger partial charge in [0, 0.05) is 18.3 Å². The lowest BCUT2D eigenvalue weighted by Crippen LogP contribution is -1.98. The second-order valence-corrected chi connectivity index (χ2v) is 3.77. The van der Waals surface area contributed by atoms with E-state index in [-0.39, 0.29) is 5.56 Å². The topological polar surface area (TPSA) is 30.7 Å². The normalized spacial score (nSPS) is 10.8. The lowest BCUT2D eigenvalue weighted by molar-refractivity contribution is 0.554. The van der Waals surface area contributed by atoms with Crippen molar-refractivity contribution in [3.05, 3.63) is 47.3 Å². The van der Waals surface area contributed by atoms with Gasteiger partial charge in [0.05, 0.1) is 5.69 Å². The molecule has 0 aliphatic rings. The van der Waals surface area contributed by atoms with Crippen LogP contribution in [0.1, 0.15) is 18.2 Å². The van der Waals surface area contributed by atoms with Gasteiger partial charge in [-0.3, -0.25) is 4.68 Å². The quantitative estimate of drug-likeness (QED) is 0.817. The van der Waals surface area contributed by atoms with E-state index >= 15 is 0 Å². The molecule has 0 amide bonds. The van der Waals surface area contributed by atoms with Gasteiger partial charge in [-0.1, -0.05) is 11.3 Å². The fourth-order valence-electron chi connectivity index (χ4n) is 1.63. The Kier molecular flexibility index (Phi) is 3.46. The molecule has 0 bridgehead atoms. The smallest absolute Gasteiger partial charge is 0.129 e. The molecule has 0 spiro atoms. The Balaban J connectivity index is 2.07. The molecule has 90 valence electrons. The van der Waals surface area contributed by atoms with Crippen molar-refractivity contribution in [3.8, 4) is 0 Å². The van der Waals surface area contributed by atoms with E-state index in [0.717, 1.165) is 12.2 Å². The van der Waals surface area contributed by atoms with Gasteiger partial charge in [0.15, 0.2) is 0 Å². The molecule has 2 rings (SSSR count). The fraction of sp³-hybridized carbons (Fsp3) is 0.333. The highest BCUT2D eigenvalue weighted by atomic mass is 19.1. The molecule has 0 saturated heterocycles. The van der Waals surface area contributed by atoms with Crippen molar-refractivity contribution in [2.24, 2.45) is 0 Å². The minimum absolute atomic E-state index is 0.110. The average molecular weight is 237 g/mol. The van der Waals surface area contributed by atoms with Crippen LogP contribution in [0.4, 0.5) is 8.78 Å². The summed E-state index contributed by atoms with van der Waals surface area (Å²) < 4.78 is 28.4. The molecule has 5 heteroatoms. The van der Waals surface area contributed by atoms with E-state index in [4.69, 9.17) is 0 Å². The third kappa shape index (κ3) is 2.67. The van der Waals surface area contributed by atoms with Crippen molar-refractivity contribution in [1.82, 2.24) is 15.0 Å². The maximum atomic E-state index is 13.3. The van der Waals surface area contributed by atoms with Crippen LogP contribution in [0.25, 0.3) is 0 Å². The van der Waals surface area contributed by atoms with Crippen LogP contribution < -0.4 is 0 Å². The summed E-state index contributed by atoms with van der Waals surface area (Å²) in [5, 5.41) is 7.80. The fourth-order valence-corrected chi connectivity index (χ4v) is 1.63. The molecule has 0 atom stereocenters. The minimum atomic E-state index is -0.507. The summed E-state index contributed by atoms with van der Waals surface area (Å²) in [6.07, 6.45) is 2.57. The number of halogens is 2. The van der Waals surface area contributed by atoms with Crippen molar-refractivity contribution < 1.29 is 8.78 Å². The standard InChI is InChI=1S/C12H13F2N3/c1-2-17-8-9(15-16-17)6-7-10-11(13)4-3-5-12(10)14/h3-5,8H,2,6-7H2,1H3. The van der Waals surface area contributed by atoms with Crippen molar-refractivity contribution >= 4 is 0 Å². The number of nitrogens with zero attached hydrogens (tertiary/aromatic N) is 3. The highest BCUT2D eigenvalue weighted by Crippen LogP contribution is 2.14. The lowest BCUT2D eigenvalue weighted by Gasteiger charge is -2.02. The number of benzene rings is 1. The summed E-state index contributed by atoms with van der Waals surface area (Å²) in [4.78, 5) is 0. The Hall–Kier alpha value is -1.78. The lowest BCUT2D eigenvalue weighted by atomic mass is 10.1. The highest BCUT2D eigenvalue weighted by molar-refractivity contribution is 5.20. The van der Waals surface area contributed by atoms with Gasteiger partial charge in [-0.2, -0.15) is 0 Å². The van der Waals surface area contributed by atoms with Crippen molar-refractivity contribution in [3.63, 3.8) is 0 Å². The molecule has 0 saturated carbocycles. The van der Waals surface area contributed by atoms with Crippen LogP contribution in [0.3, 0.4) is 0 Å². The van der Waals surface area contributed by atoms with Crippen molar-refractivity contribution in [1.29, 1.82) is 0 Å². The molecule has 0 unspecified atom stereocenters. The van der Waals surface area contributed by atoms with Crippen LogP contribution in [0.5, 0.6) is 0 Å². The Labute approximate surface area is 98.1 Å². The average Bonchev–Trinajstić information content (AvgIpc) is 2.76. The van der Waals surface area contributed by atoms with Crippen LogP contribution in [-0.2, 0) is 19.4 Å². The summed E-state index contributed by atoms with van der Waals surface area (Å²) in [5.41, 5.74) is 0.855. The molecular formula is C12H13F2N3. The van der Waals surface area contributed by atoms with Gasteiger partial charge >= 0.3 is 0 Å². The number of aromatic nitrogens is 3. The number of rotatable bonds is 4. The largest absolute Gasteiger partial charge is 0.253 e. The second-order valence-electron chi connectivity index (χ2n) is 3.77. The summed E-state index contributed by atoms with van der Waals surface area (Å²) in [6.45, 7) is 2.69. The van der Waals surface area contributed by atoms with Crippen molar-refractivity contribution in [2.45, 2.75) is 26.3 Å². The molecule has 2 aromatic rings. The Morgan fingerprint density at radius 2 is 1.88 bits per heavy atom. The summed E-state index contributed by atoms with van der Waals surface area (Å²) >= 11 is 0. The zero-order valence-corrected chi connectivity index (χ0v) is 9.53. The molecule has 0 N–H and O–H groups in total. The number of hydrogen-bond acceptors (Lipinski definition) is 2. The van der Waals surface area contributed by atoms with Crippen LogP contribution in [0.15, 0.2) is 24.4 Å². The third-order valence-electron chi connectivity index (χ3n) is 2.60. The molecule has 1 heterocycles. The van der Waals surface area contributed by atoms with Crippen LogP contribution in [-0.4, -0.2) is 15.0 Å². The van der Waals surface area contributed by atoms with Gasteiger partial charge in [0.1, 0.15) is 11.6 Å². The Morgan fingerprint density at radius 3 is 2.47 bits per heavy atom. The predicted octanol–water partition coefficient (Wildman–Crippen LogP) is 2.36.